The van der Waals surface area contributed by atoms with Crippen molar-refractivity contribution in [1.29, 1.82) is 0 Å². The Balaban J connectivity index is 1.97. The summed E-state index contributed by atoms with van der Waals surface area (Å²) in [6.45, 7) is 1.42. The molecule has 8 nitrogen and oxygen atoms in total. The second-order valence-electron chi connectivity index (χ2n) is 5.69. The van der Waals surface area contributed by atoms with Crippen molar-refractivity contribution in [3.63, 3.8) is 0 Å². The van der Waals surface area contributed by atoms with E-state index >= 15 is 0 Å². The first-order chi connectivity index (χ1) is 13.3. The Labute approximate surface area is 163 Å². The van der Waals surface area contributed by atoms with E-state index in [0.29, 0.717) is 16.9 Å². The number of rotatable bonds is 6. The molecule has 0 saturated heterocycles. The van der Waals surface area contributed by atoms with Crippen LogP contribution in [-0.2, 0) is 0 Å². The molecule has 2 aromatic carbocycles. The van der Waals surface area contributed by atoms with Gasteiger partial charge in [0, 0.05) is 16.9 Å². The van der Waals surface area contributed by atoms with Crippen LogP contribution in [0.3, 0.4) is 0 Å². The quantitative estimate of drug-likeness (QED) is 0.344. The first-order valence-corrected chi connectivity index (χ1v) is 8.32. The van der Waals surface area contributed by atoms with Crippen molar-refractivity contribution >= 4 is 46.1 Å². The molecular weight excluding hydrogens is 389 g/mol. The van der Waals surface area contributed by atoms with Crippen LogP contribution in [0.2, 0.25) is 5.02 Å². The molecule has 0 aliphatic heterocycles. The van der Waals surface area contributed by atoms with Gasteiger partial charge in [0.25, 0.3) is 0 Å². The number of anilines is 4. The van der Waals surface area contributed by atoms with Crippen molar-refractivity contribution in [2.75, 3.05) is 10.6 Å². The molecule has 0 amide bonds. The molecule has 1 aromatic heterocycles. The summed E-state index contributed by atoms with van der Waals surface area (Å²) in [5, 5.41) is 17.1. The lowest BCUT2D eigenvalue weighted by atomic mass is 10.1. The number of hydrogen-bond donors (Lipinski definition) is 2. The molecule has 0 aliphatic rings. The fraction of sp³-hybridized carbons (Fsp3) is 0.0556. The van der Waals surface area contributed by atoms with Gasteiger partial charge in [-0.1, -0.05) is 23.7 Å². The second-order valence-corrected chi connectivity index (χ2v) is 6.10. The number of aromatic nitrogens is 2. The number of Topliss-reactive ketones (excluding diaryl/α,β-unsaturated/α-hetero) is 1. The van der Waals surface area contributed by atoms with Crippen LogP contribution in [0.15, 0.2) is 48.8 Å². The largest absolute Gasteiger partial charge is 0.353 e. The maximum Gasteiger partial charge on any atom is 0.353 e. The van der Waals surface area contributed by atoms with Crippen molar-refractivity contribution in [3.05, 3.63) is 75.3 Å². The third-order valence-electron chi connectivity index (χ3n) is 3.72. The molecule has 0 fully saturated rings. The third-order valence-corrected chi connectivity index (χ3v) is 4.01. The minimum absolute atomic E-state index is 0.0728. The third kappa shape index (κ3) is 4.21. The zero-order valence-corrected chi connectivity index (χ0v) is 15.2. The molecule has 0 atom stereocenters. The Morgan fingerprint density at radius 3 is 2.32 bits per heavy atom. The maximum absolute atomic E-state index is 13.3. The van der Waals surface area contributed by atoms with Gasteiger partial charge in [-0.05, 0) is 37.3 Å². The van der Waals surface area contributed by atoms with E-state index in [1.807, 2.05) is 0 Å². The number of halogens is 2. The van der Waals surface area contributed by atoms with Crippen molar-refractivity contribution in [3.8, 4) is 0 Å². The number of nitro groups is 1. The Hall–Kier alpha value is -3.59. The molecule has 0 aliphatic carbocycles. The zero-order chi connectivity index (χ0) is 20.3. The van der Waals surface area contributed by atoms with Gasteiger partial charge in [0.1, 0.15) is 12.1 Å². The van der Waals surface area contributed by atoms with Crippen LogP contribution in [0, 0.1) is 15.9 Å². The number of nitrogens with zero attached hydrogens (tertiary/aromatic N) is 3. The van der Waals surface area contributed by atoms with Gasteiger partial charge in [-0.2, -0.15) is 0 Å². The number of nitrogens with one attached hydrogen (secondary N) is 2. The average molecular weight is 402 g/mol. The number of benzene rings is 2. The number of carbonyl (C=O) groups excluding carboxylic acids is 1. The molecule has 0 unspecified atom stereocenters. The lowest BCUT2D eigenvalue weighted by Gasteiger charge is -2.11. The highest BCUT2D eigenvalue weighted by Gasteiger charge is 2.23. The average Bonchev–Trinajstić information content (AvgIpc) is 2.65. The van der Waals surface area contributed by atoms with Gasteiger partial charge in [0.05, 0.1) is 9.95 Å². The topological polar surface area (TPSA) is 110 Å². The van der Waals surface area contributed by atoms with Crippen molar-refractivity contribution in [2.24, 2.45) is 0 Å². The minimum atomic E-state index is -0.648. The van der Waals surface area contributed by atoms with Gasteiger partial charge in [-0.15, -0.1) is 0 Å². The standard InChI is InChI=1S/C18H13ClFN5O3/c1-10(26)11-3-2-4-12(7-11)23-17-16(25(27)28)18(22-9-21-17)24-13-5-6-15(20)14(19)8-13/h2-9H,1H3,(H2,21,22,23,24). The van der Waals surface area contributed by atoms with Crippen LogP contribution in [0.25, 0.3) is 0 Å². The van der Waals surface area contributed by atoms with Gasteiger partial charge in [0.15, 0.2) is 5.78 Å². The summed E-state index contributed by atoms with van der Waals surface area (Å²) in [7, 11) is 0. The molecular formula is C18H13ClFN5O3. The van der Waals surface area contributed by atoms with Crippen LogP contribution in [0.5, 0.6) is 0 Å². The van der Waals surface area contributed by atoms with Crippen LogP contribution in [-0.4, -0.2) is 20.7 Å². The minimum Gasteiger partial charge on any atom is -0.334 e. The van der Waals surface area contributed by atoms with Gasteiger partial charge >= 0.3 is 5.69 Å². The molecule has 3 aromatic rings. The van der Waals surface area contributed by atoms with E-state index in [0.717, 1.165) is 12.4 Å². The molecule has 142 valence electrons. The second kappa shape index (κ2) is 7.97. The van der Waals surface area contributed by atoms with E-state index < -0.39 is 16.4 Å². The molecule has 1 heterocycles. The number of hydrogen-bond acceptors (Lipinski definition) is 7. The predicted molar refractivity (Wildman–Crippen MR) is 103 cm³/mol. The smallest absolute Gasteiger partial charge is 0.334 e. The highest BCUT2D eigenvalue weighted by atomic mass is 35.5. The van der Waals surface area contributed by atoms with Gasteiger partial charge in [-0.3, -0.25) is 14.9 Å². The number of ketones is 1. The first-order valence-electron chi connectivity index (χ1n) is 7.94. The summed E-state index contributed by atoms with van der Waals surface area (Å²) in [6.07, 6.45) is 1.14. The summed E-state index contributed by atoms with van der Waals surface area (Å²) in [6, 6.07) is 10.3. The normalized spacial score (nSPS) is 10.4. The van der Waals surface area contributed by atoms with Crippen LogP contribution in [0.4, 0.5) is 33.1 Å². The summed E-state index contributed by atoms with van der Waals surface area (Å²) < 4.78 is 13.3. The monoisotopic (exact) mass is 401 g/mol. The Bertz CT molecular complexity index is 1080. The van der Waals surface area contributed by atoms with E-state index in [2.05, 4.69) is 20.6 Å². The van der Waals surface area contributed by atoms with E-state index in [1.54, 1.807) is 24.3 Å². The van der Waals surface area contributed by atoms with Crippen molar-refractivity contribution < 1.29 is 14.1 Å². The van der Waals surface area contributed by atoms with Crippen molar-refractivity contribution in [2.45, 2.75) is 6.92 Å². The van der Waals surface area contributed by atoms with E-state index in [-0.39, 0.29) is 22.4 Å². The highest BCUT2D eigenvalue weighted by Crippen LogP contribution is 2.33. The maximum atomic E-state index is 13.3. The molecule has 0 bridgehead atoms. The molecule has 0 spiro atoms. The Morgan fingerprint density at radius 1 is 1.11 bits per heavy atom. The zero-order valence-electron chi connectivity index (χ0n) is 14.4. The van der Waals surface area contributed by atoms with Crippen LogP contribution in [0.1, 0.15) is 17.3 Å². The lowest BCUT2D eigenvalue weighted by Crippen LogP contribution is -2.06. The van der Waals surface area contributed by atoms with Crippen molar-refractivity contribution in [1.82, 2.24) is 9.97 Å². The summed E-state index contributed by atoms with van der Waals surface area (Å²) >= 11 is 5.74. The molecule has 10 heteroatoms. The van der Waals surface area contributed by atoms with E-state index in [4.69, 9.17) is 11.6 Å². The number of carbonyl (C=O) groups is 1. The SMILES string of the molecule is CC(=O)c1cccc(Nc2ncnc(Nc3ccc(F)c(Cl)c3)c2[N+](=O)[O-])c1. The predicted octanol–water partition coefficient (Wildman–Crippen LogP) is 4.87. The molecule has 28 heavy (non-hydrogen) atoms. The first kappa shape index (κ1) is 19.2. The fourth-order valence-electron chi connectivity index (χ4n) is 2.40. The molecule has 0 radical (unpaired) electrons. The van der Waals surface area contributed by atoms with Gasteiger partial charge in [-0.25, -0.2) is 14.4 Å². The highest BCUT2D eigenvalue weighted by molar-refractivity contribution is 6.31. The van der Waals surface area contributed by atoms with E-state index in [1.165, 1.54) is 19.1 Å². The fourth-order valence-corrected chi connectivity index (χ4v) is 2.58. The van der Waals surface area contributed by atoms with Gasteiger partial charge < -0.3 is 10.6 Å². The van der Waals surface area contributed by atoms with Crippen LogP contribution < -0.4 is 10.6 Å². The van der Waals surface area contributed by atoms with Gasteiger partial charge in [0.2, 0.25) is 11.6 Å². The lowest BCUT2D eigenvalue weighted by molar-refractivity contribution is -0.383. The van der Waals surface area contributed by atoms with Crippen LogP contribution >= 0.6 is 11.6 Å². The Morgan fingerprint density at radius 2 is 1.75 bits per heavy atom. The van der Waals surface area contributed by atoms with E-state index in [9.17, 15) is 19.3 Å². The summed E-state index contributed by atoms with van der Waals surface area (Å²) in [5.41, 5.74) is 0.792. The summed E-state index contributed by atoms with van der Waals surface area (Å²) in [5.74, 6) is -0.933. The Kier molecular flexibility index (Phi) is 5.46. The molecule has 2 N–H and O–H groups in total. The molecule has 3 rings (SSSR count). The summed E-state index contributed by atoms with van der Waals surface area (Å²) in [4.78, 5) is 30.3. The molecule has 0 saturated carbocycles.